The van der Waals surface area contributed by atoms with E-state index < -0.39 is 5.97 Å². The average molecular weight is 337 g/mol. The molecule has 0 radical (unpaired) electrons. The van der Waals surface area contributed by atoms with E-state index in [0.717, 1.165) is 41.1 Å². The van der Waals surface area contributed by atoms with E-state index in [4.69, 9.17) is 5.11 Å². The van der Waals surface area contributed by atoms with Crippen molar-refractivity contribution in [1.29, 1.82) is 0 Å². The number of benzene rings is 1. The van der Waals surface area contributed by atoms with Crippen molar-refractivity contribution < 1.29 is 9.90 Å². The van der Waals surface area contributed by atoms with E-state index in [9.17, 15) is 4.79 Å². The summed E-state index contributed by atoms with van der Waals surface area (Å²) in [7, 11) is 0. The van der Waals surface area contributed by atoms with Crippen molar-refractivity contribution in [1.82, 2.24) is 9.78 Å². The van der Waals surface area contributed by atoms with Crippen LogP contribution in [0, 0.1) is 5.92 Å². The third-order valence-corrected chi connectivity index (χ3v) is 4.63. The van der Waals surface area contributed by atoms with Crippen LogP contribution < -0.4 is 0 Å². The average Bonchev–Trinajstić information content (AvgIpc) is 2.81. The standard InChI is InChI=1S/C15H17BrN2O2/c16-12-4-3-11-9-18(17-14(11)8-12)13-5-1-10(2-6-13)7-15(19)20/h3-4,8-10,13H,1-2,5-7H2,(H,19,20)/t10-,13-. The second-order valence-electron chi connectivity index (χ2n) is 5.58. The van der Waals surface area contributed by atoms with Crippen molar-refractivity contribution in [2.45, 2.75) is 38.1 Å². The molecular formula is C15H17BrN2O2. The fourth-order valence-corrected chi connectivity index (χ4v) is 3.40. The van der Waals surface area contributed by atoms with E-state index in [1.807, 2.05) is 12.1 Å². The molecule has 1 fully saturated rings. The predicted molar refractivity (Wildman–Crippen MR) is 80.7 cm³/mol. The number of hydrogen-bond donors (Lipinski definition) is 1. The molecule has 20 heavy (non-hydrogen) atoms. The second-order valence-corrected chi connectivity index (χ2v) is 6.50. The van der Waals surface area contributed by atoms with Crippen LogP contribution in [0.25, 0.3) is 10.9 Å². The number of fused-ring (bicyclic) bond motifs is 1. The highest BCUT2D eigenvalue weighted by atomic mass is 79.9. The molecule has 1 aromatic heterocycles. The topological polar surface area (TPSA) is 55.1 Å². The fourth-order valence-electron chi connectivity index (χ4n) is 3.06. The molecule has 0 spiro atoms. The molecule has 1 N–H and O–H groups in total. The summed E-state index contributed by atoms with van der Waals surface area (Å²) >= 11 is 3.46. The molecule has 2 aromatic rings. The van der Waals surface area contributed by atoms with Gasteiger partial charge in [-0.25, -0.2) is 0 Å². The summed E-state index contributed by atoms with van der Waals surface area (Å²) in [5.74, 6) is -0.342. The van der Waals surface area contributed by atoms with Gasteiger partial charge in [0.1, 0.15) is 0 Å². The van der Waals surface area contributed by atoms with Crippen LogP contribution in [-0.2, 0) is 4.79 Å². The maximum Gasteiger partial charge on any atom is 0.303 e. The molecule has 1 heterocycles. The van der Waals surface area contributed by atoms with Gasteiger partial charge in [-0.15, -0.1) is 0 Å². The number of carboxylic acid groups (broad SMARTS) is 1. The van der Waals surface area contributed by atoms with Crippen molar-refractivity contribution in [3.63, 3.8) is 0 Å². The van der Waals surface area contributed by atoms with E-state index in [1.165, 1.54) is 0 Å². The van der Waals surface area contributed by atoms with Gasteiger partial charge in [-0.2, -0.15) is 5.10 Å². The number of rotatable bonds is 3. The first-order valence-corrected chi connectivity index (χ1v) is 7.77. The number of carboxylic acids is 1. The Kier molecular flexibility index (Phi) is 3.78. The molecule has 4 nitrogen and oxygen atoms in total. The minimum absolute atomic E-state index is 0.306. The molecule has 1 aromatic carbocycles. The molecule has 106 valence electrons. The van der Waals surface area contributed by atoms with Crippen LogP contribution in [0.4, 0.5) is 0 Å². The van der Waals surface area contributed by atoms with E-state index in [0.29, 0.717) is 18.4 Å². The summed E-state index contributed by atoms with van der Waals surface area (Å²) in [6.07, 6.45) is 6.42. The fraction of sp³-hybridized carbons (Fsp3) is 0.467. The van der Waals surface area contributed by atoms with Crippen molar-refractivity contribution >= 4 is 32.8 Å². The number of aliphatic carboxylic acids is 1. The lowest BCUT2D eigenvalue weighted by Crippen LogP contribution is -2.20. The molecule has 3 rings (SSSR count). The summed E-state index contributed by atoms with van der Waals surface area (Å²) in [4.78, 5) is 10.7. The maximum absolute atomic E-state index is 10.7. The minimum atomic E-state index is -0.678. The molecule has 0 amide bonds. The maximum atomic E-state index is 10.7. The number of hydrogen-bond acceptors (Lipinski definition) is 2. The summed E-state index contributed by atoms with van der Waals surface area (Å²) < 4.78 is 3.11. The van der Waals surface area contributed by atoms with Crippen LogP contribution >= 0.6 is 15.9 Å². The molecule has 0 unspecified atom stereocenters. The van der Waals surface area contributed by atoms with Crippen LogP contribution in [-0.4, -0.2) is 20.9 Å². The number of halogens is 1. The minimum Gasteiger partial charge on any atom is -0.481 e. The smallest absolute Gasteiger partial charge is 0.303 e. The summed E-state index contributed by atoms with van der Waals surface area (Å²) in [5.41, 5.74) is 1.01. The highest BCUT2D eigenvalue weighted by molar-refractivity contribution is 9.10. The molecule has 5 heteroatoms. The zero-order valence-corrected chi connectivity index (χ0v) is 12.7. The summed E-state index contributed by atoms with van der Waals surface area (Å²) in [6, 6.07) is 6.53. The predicted octanol–water partition coefficient (Wildman–Crippen LogP) is 4.00. The molecule has 1 aliphatic rings. The molecule has 0 bridgehead atoms. The number of carbonyl (C=O) groups is 1. The summed E-state index contributed by atoms with van der Waals surface area (Å²) in [6.45, 7) is 0. The first kappa shape index (κ1) is 13.6. The van der Waals surface area contributed by atoms with Crippen LogP contribution in [0.15, 0.2) is 28.9 Å². The zero-order chi connectivity index (χ0) is 14.1. The van der Waals surface area contributed by atoms with Gasteiger partial charge in [0.2, 0.25) is 0 Å². The number of aromatic nitrogens is 2. The highest BCUT2D eigenvalue weighted by Gasteiger charge is 2.24. The Hall–Kier alpha value is -1.36. The van der Waals surface area contributed by atoms with Crippen LogP contribution in [0.5, 0.6) is 0 Å². The largest absolute Gasteiger partial charge is 0.481 e. The van der Waals surface area contributed by atoms with Gasteiger partial charge >= 0.3 is 5.97 Å². The normalized spacial score (nSPS) is 23.1. The van der Waals surface area contributed by atoms with E-state index in [2.05, 4.69) is 38.0 Å². The zero-order valence-electron chi connectivity index (χ0n) is 11.1. The molecule has 0 saturated heterocycles. The molecular weight excluding hydrogens is 320 g/mol. The van der Waals surface area contributed by atoms with Gasteiger partial charge in [0, 0.05) is 22.5 Å². The van der Waals surface area contributed by atoms with Gasteiger partial charge < -0.3 is 5.11 Å². The van der Waals surface area contributed by atoms with Crippen molar-refractivity contribution in [2.24, 2.45) is 5.92 Å². The molecule has 1 aliphatic carbocycles. The molecule has 0 atom stereocenters. The van der Waals surface area contributed by atoms with E-state index in [-0.39, 0.29) is 0 Å². The van der Waals surface area contributed by atoms with Gasteiger partial charge in [0.25, 0.3) is 0 Å². The van der Waals surface area contributed by atoms with Gasteiger partial charge in [-0.05, 0) is 43.7 Å². The SMILES string of the molecule is O=C(O)C[C@H]1CC[C@H](n2cc3ccc(Br)cc3n2)CC1. The monoisotopic (exact) mass is 336 g/mol. The van der Waals surface area contributed by atoms with Gasteiger partial charge in [-0.1, -0.05) is 22.0 Å². The number of nitrogens with zero attached hydrogens (tertiary/aromatic N) is 2. The van der Waals surface area contributed by atoms with Crippen LogP contribution in [0.1, 0.15) is 38.1 Å². The van der Waals surface area contributed by atoms with Crippen molar-refractivity contribution in [3.05, 3.63) is 28.9 Å². The third-order valence-electron chi connectivity index (χ3n) is 4.14. The Morgan fingerprint density at radius 3 is 2.80 bits per heavy atom. The van der Waals surface area contributed by atoms with E-state index >= 15 is 0 Å². The van der Waals surface area contributed by atoms with Gasteiger partial charge in [0.15, 0.2) is 0 Å². The third kappa shape index (κ3) is 2.87. The Morgan fingerprint density at radius 1 is 1.35 bits per heavy atom. The van der Waals surface area contributed by atoms with E-state index in [1.54, 1.807) is 0 Å². The lowest BCUT2D eigenvalue weighted by Gasteiger charge is -2.27. The second kappa shape index (κ2) is 5.56. The Morgan fingerprint density at radius 2 is 2.10 bits per heavy atom. The van der Waals surface area contributed by atoms with Crippen LogP contribution in [0.3, 0.4) is 0 Å². The van der Waals surface area contributed by atoms with Crippen LogP contribution in [0.2, 0.25) is 0 Å². The Bertz CT molecular complexity index is 630. The van der Waals surface area contributed by atoms with Crippen molar-refractivity contribution in [2.75, 3.05) is 0 Å². The Balaban J connectivity index is 1.71. The molecule has 0 aliphatic heterocycles. The van der Waals surface area contributed by atoms with Gasteiger partial charge in [0.05, 0.1) is 11.6 Å². The lowest BCUT2D eigenvalue weighted by molar-refractivity contribution is -0.138. The van der Waals surface area contributed by atoms with Crippen molar-refractivity contribution in [3.8, 4) is 0 Å². The quantitative estimate of drug-likeness (QED) is 0.921. The first-order valence-electron chi connectivity index (χ1n) is 6.98. The Labute approximate surface area is 125 Å². The molecule has 1 saturated carbocycles. The lowest BCUT2D eigenvalue weighted by atomic mass is 9.84. The first-order chi connectivity index (χ1) is 9.61. The summed E-state index contributed by atoms with van der Waals surface area (Å²) in [5, 5.41) is 14.7. The van der Waals surface area contributed by atoms with Gasteiger partial charge in [-0.3, -0.25) is 9.48 Å². The highest BCUT2D eigenvalue weighted by Crippen LogP contribution is 2.34.